The van der Waals surface area contributed by atoms with Gasteiger partial charge < -0.3 is 18.8 Å². The molecule has 9 heteroatoms. The van der Waals surface area contributed by atoms with E-state index in [1.165, 1.54) is 38.3 Å². The molecule has 0 spiro atoms. The van der Waals surface area contributed by atoms with Crippen LogP contribution in [-0.2, 0) is 4.74 Å². The first kappa shape index (κ1) is 24.3. The molecule has 0 saturated carbocycles. The van der Waals surface area contributed by atoms with Gasteiger partial charge in [0.25, 0.3) is 0 Å². The van der Waals surface area contributed by atoms with Crippen molar-refractivity contribution < 1.29 is 32.6 Å². The van der Waals surface area contributed by atoms with Crippen molar-refractivity contribution in [2.24, 2.45) is 0 Å². The van der Waals surface area contributed by atoms with E-state index in [0.29, 0.717) is 22.0 Å². The van der Waals surface area contributed by atoms with Crippen molar-refractivity contribution in [3.8, 4) is 17.2 Å². The Labute approximate surface area is 194 Å². The quantitative estimate of drug-likeness (QED) is 0.303. The number of rotatable bonds is 8. The van der Waals surface area contributed by atoms with Crippen molar-refractivity contribution in [3.63, 3.8) is 0 Å². The summed E-state index contributed by atoms with van der Waals surface area (Å²) in [5, 5.41) is 0.329. The largest absolute Gasteiger partial charge is 0.496 e. The van der Waals surface area contributed by atoms with Crippen LogP contribution >= 0.6 is 11.6 Å². The summed E-state index contributed by atoms with van der Waals surface area (Å²) < 4.78 is 41.5. The average molecular weight is 478 g/mol. The van der Waals surface area contributed by atoms with E-state index in [0.717, 1.165) is 5.69 Å². The topological polar surface area (TPSA) is 66.8 Å². The smallest absolute Gasteiger partial charge is 0.387 e. The predicted molar refractivity (Wildman–Crippen MR) is 119 cm³/mol. The van der Waals surface area contributed by atoms with E-state index >= 15 is 0 Å². The maximum atomic E-state index is 13.1. The molecule has 1 unspecified atom stereocenters. The van der Waals surface area contributed by atoms with Crippen LogP contribution in [0, 0.1) is 13.8 Å². The lowest BCUT2D eigenvalue weighted by Crippen LogP contribution is -2.25. The van der Waals surface area contributed by atoms with Crippen LogP contribution in [0.25, 0.3) is 5.69 Å². The summed E-state index contributed by atoms with van der Waals surface area (Å²) >= 11 is 5.97. The summed E-state index contributed by atoms with van der Waals surface area (Å²) in [6, 6.07) is 12.3. The van der Waals surface area contributed by atoms with Crippen LogP contribution in [0.3, 0.4) is 0 Å². The molecule has 1 aromatic heterocycles. The number of hydrogen-bond acceptors (Lipinski definition) is 5. The lowest BCUT2D eigenvalue weighted by molar-refractivity contribution is -0.0498. The van der Waals surface area contributed by atoms with Gasteiger partial charge in [-0.15, -0.1) is 0 Å². The van der Waals surface area contributed by atoms with Gasteiger partial charge in [0.1, 0.15) is 17.1 Å². The van der Waals surface area contributed by atoms with Gasteiger partial charge in [-0.05, 0) is 69.3 Å². The van der Waals surface area contributed by atoms with Gasteiger partial charge in [0.2, 0.25) is 5.78 Å². The van der Waals surface area contributed by atoms with Crippen molar-refractivity contribution in [2.45, 2.75) is 33.5 Å². The van der Waals surface area contributed by atoms with E-state index < -0.39 is 18.7 Å². The number of Topliss-reactive ketones (excluding diaryl/α,β-unsaturated/α-hetero) is 1. The molecule has 33 heavy (non-hydrogen) atoms. The summed E-state index contributed by atoms with van der Waals surface area (Å²) in [7, 11) is 1.41. The number of methoxy groups -OCH3 is 1. The molecule has 3 rings (SSSR count). The van der Waals surface area contributed by atoms with Gasteiger partial charge in [-0.25, -0.2) is 4.79 Å². The number of hydrogen-bond donors (Lipinski definition) is 0. The SMILES string of the molecule is COc1ccc(Cl)cc1C(=O)OC(C)C(=O)c1cc(C)n(-c2ccc(OC(F)F)cc2)c1C. The van der Waals surface area contributed by atoms with E-state index in [-0.39, 0.29) is 22.8 Å². The summed E-state index contributed by atoms with van der Waals surface area (Å²) in [6.45, 7) is 2.13. The zero-order valence-electron chi connectivity index (χ0n) is 18.4. The van der Waals surface area contributed by atoms with Crippen molar-refractivity contribution in [2.75, 3.05) is 7.11 Å². The average Bonchev–Trinajstić information content (AvgIpc) is 3.07. The molecule has 6 nitrogen and oxygen atoms in total. The molecule has 0 aliphatic heterocycles. The number of halogens is 3. The first-order valence-corrected chi connectivity index (χ1v) is 10.3. The second-order valence-electron chi connectivity index (χ2n) is 7.25. The van der Waals surface area contributed by atoms with Crippen molar-refractivity contribution in [1.29, 1.82) is 0 Å². The van der Waals surface area contributed by atoms with Crippen LogP contribution in [0.5, 0.6) is 11.5 Å². The second kappa shape index (κ2) is 10.0. The Morgan fingerprint density at radius 2 is 1.67 bits per heavy atom. The van der Waals surface area contributed by atoms with E-state index in [9.17, 15) is 18.4 Å². The van der Waals surface area contributed by atoms with Crippen LogP contribution in [0.4, 0.5) is 8.78 Å². The number of aromatic nitrogens is 1. The third-order valence-corrected chi connectivity index (χ3v) is 5.29. The number of ether oxygens (including phenoxy) is 3. The molecule has 0 radical (unpaired) electrons. The lowest BCUT2D eigenvalue weighted by Gasteiger charge is -2.15. The number of nitrogens with zero attached hydrogens (tertiary/aromatic N) is 1. The van der Waals surface area contributed by atoms with Crippen LogP contribution < -0.4 is 9.47 Å². The zero-order valence-corrected chi connectivity index (χ0v) is 19.2. The Balaban J connectivity index is 1.82. The third-order valence-electron chi connectivity index (χ3n) is 5.05. The summed E-state index contributed by atoms with van der Waals surface area (Å²) in [4.78, 5) is 25.7. The molecule has 0 amide bonds. The normalized spacial score (nSPS) is 11.9. The zero-order chi connectivity index (χ0) is 24.3. The highest BCUT2D eigenvalue weighted by atomic mass is 35.5. The molecule has 1 atom stereocenters. The van der Waals surface area contributed by atoms with Crippen molar-refractivity contribution in [1.82, 2.24) is 4.57 Å². The van der Waals surface area contributed by atoms with E-state index in [4.69, 9.17) is 21.1 Å². The van der Waals surface area contributed by atoms with E-state index in [2.05, 4.69) is 4.74 Å². The minimum absolute atomic E-state index is 0.0319. The first-order chi connectivity index (χ1) is 15.6. The number of ketones is 1. The van der Waals surface area contributed by atoms with Crippen molar-refractivity contribution in [3.05, 3.63) is 76.1 Å². The number of carbonyl (C=O) groups is 2. The fourth-order valence-corrected chi connectivity index (χ4v) is 3.69. The number of alkyl halides is 2. The minimum atomic E-state index is -2.91. The maximum Gasteiger partial charge on any atom is 0.387 e. The molecular formula is C24H22ClF2NO5. The monoisotopic (exact) mass is 477 g/mol. The highest BCUT2D eigenvalue weighted by Gasteiger charge is 2.26. The van der Waals surface area contributed by atoms with Crippen LogP contribution in [-0.4, -0.2) is 36.1 Å². The Hall–Kier alpha value is -3.39. The Morgan fingerprint density at radius 3 is 2.27 bits per heavy atom. The van der Waals surface area contributed by atoms with Gasteiger partial charge in [0.15, 0.2) is 6.10 Å². The Bertz CT molecular complexity index is 1170. The molecule has 0 aliphatic rings. The number of aryl methyl sites for hydroxylation is 1. The molecular weight excluding hydrogens is 456 g/mol. The van der Waals surface area contributed by atoms with Crippen LogP contribution in [0.1, 0.15) is 39.0 Å². The third kappa shape index (κ3) is 5.34. The number of esters is 1. The number of carbonyl (C=O) groups excluding carboxylic acids is 2. The predicted octanol–water partition coefficient (Wildman–Crippen LogP) is 5.79. The summed E-state index contributed by atoms with van der Waals surface area (Å²) in [5.41, 5.74) is 2.51. The molecule has 3 aromatic rings. The molecule has 2 aromatic carbocycles. The highest BCUT2D eigenvalue weighted by molar-refractivity contribution is 6.31. The van der Waals surface area contributed by atoms with Crippen LogP contribution in [0.15, 0.2) is 48.5 Å². The Morgan fingerprint density at radius 1 is 1.00 bits per heavy atom. The van der Waals surface area contributed by atoms with Gasteiger partial charge in [-0.2, -0.15) is 8.78 Å². The molecule has 0 N–H and O–H groups in total. The standard InChI is InChI=1S/C24H22ClF2NO5/c1-13-11-19(14(2)28(13)17-6-8-18(9-7-17)33-24(26)27)22(29)15(3)32-23(30)20-12-16(25)5-10-21(20)31-4/h5-12,15,24H,1-4H3. The molecule has 0 fully saturated rings. The molecule has 1 heterocycles. The van der Waals surface area contributed by atoms with E-state index in [1.807, 2.05) is 0 Å². The summed E-state index contributed by atoms with van der Waals surface area (Å²) in [5.74, 6) is -0.814. The second-order valence-corrected chi connectivity index (χ2v) is 7.69. The fraction of sp³-hybridized carbons (Fsp3) is 0.250. The van der Waals surface area contributed by atoms with Gasteiger partial charge in [0, 0.05) is 27.7 Å². The minimum Gasteiger partial charge on any atom is -0.496 e. The van der Waals surface area contributed by atoms with Gasteiger partial charge >= 0.3 is 12.6 Å². The fourth-order valence-electron chi connectivity index (χ4n) is 3.52. The lowest BCUT2D eigenvalue weighted by atomic mass is 10.1. The molecule has 0 saturated heterocycles. The number of benzene rings is 2. The van der Waals surface area contributed by atoms with Gasteiger partial charge in [-0.3, -0.25) is 4.79 Å². The molecule has 0 aliphatic carbocycles. The summed E-state index contributed by atoms with van der Waals surface area (Å²) in [6.07, 6.45) is -1.07. The molecule has 0 bridgehead atoms. The van der Waals surface area contributed by atoms with Gasteiger partial charge in [-0.1, -0.05) is 11.6 Å². The van der Waals surface area contributed by atoms with Crippen LogP contribution in [0.2, 0.25) is 5.02 Å². The Kier molecular flexibility index (Phi) is 7.38. The van der Waals surface area contributed by atoms with E-state index in [1.54, 1.807) is 42.7 Å². The molecule has 174 valence electrons. The first-order valence-electron chi connectivity index (χ1n) is 9.95. The maximum absolute atomic E-state index is 13.1. The van der Waals surface area contributed by atoms with Gasteiger partial charge in [0.05, 0.1) is 7.11 Å². The highest BCUT2D eigenvalue weighted by Crippen LogP contribution is 2.26. The van der Waals surface area contributed by atoms with Crippen molar-refractivity contribution >= 4 is 23.4 Å².